The summed E-state index contributed by atoms with van der Waals surface area (Å²) in [4.78, 5) is 0. The van der Waals surface area contributed by atoms with Gasteiger partial charge in [0.2, 0.25) is 0 Å². The Bertz CT molecular complexity index is 764. The molecule has 0 amide bonds. The first-order valence-electron chi connectivity index (χ1n) is 5.86. The first kappa shape index (κ1) is 13.6. The Morgan fingerprint density at radius 1 is 1.15 bits per heavy atom. The zero-order chi connectivity index (χ0) is 14.3. The van der Waals surface area contributed by atoms with E-state index in [4.69, 9.17) is 16.0 Å². The van der Waals surface area contributed by atoms with Crippen LogP contribution in [0.1, 0.15) is 17.4 Å². The van der Waals surface area contributed by atoms with Gasteiger partial charge in [-0.3, -0.25) is 0 Å². The lowest BCUT2D eigenvalue weighted by Crippen LogP contribution is -1.98. The van der Waals surface area contributed by atoms with Gasteiger partial charge in [0, 0.05) is 14.9 Å². The summed E-state index contributed by atoms with van der Waals surface area (Å²) in [5.74, 6) is -0.0765. The lowest BCUT2D eigenvalue weighted by molar-refractivity contribution is 0.192. The van der Waals surface area contributed by atoms with Gasteiger partial charge in [0.25, 0.3) is 0 Å². The highest BCUT2D eigenvalue weighted by atomic mass is 79.9. The van der Waals surface area contributed by atoms with Gasteiger partial charge in [0.05, 0.1) is 0 Å². The van der Waals surface area contributed by atoms with Crippen LogP contribution >= 0.6 is 27.5 Å². The van der Waals surface area contributed by atoms with Gasteiger partial charge >= 0.3 is 0 Å². The molecule has 3 aromatic rings. The molecule has 1 atom stereocenters. The summed E-state index contributed by atoms with van der Waals surface area (Å²) < 4.78 is 19.5. The van der Waals surface area contributed by atoms with E-state index in [2.05, 4.69) is 15.9 Å². The van der Waals surface area contributed by atoms with E-state index in [-0.39, 0.29) is 0 Å². The molecule has 0 aliphatic heterocycles. The second-order valence-corrected chi connectivity index (χ2v) is 5.79. The Labute approximate surface area is 127 Å². The molecule has 0 spiro atoms. The van der Waals surface area contributed by atoms with Crippen LogP contribution < -0.4 is 0 Å². The predicted molar refractivity (Wildman–Crippen MR) is 79.4 cm³/mol. The van der Waals surface area contributed by atoms with E-state index in [1.165, 1.54) is 12.1 Å². The van der Waals surface area contributed by atoms with Gasteiger partial charge in [0.15, 0.2) is 0 Å². The highest BCUT2D eigenvalue weighted by molar-refractivity contribution is 9.10. The van der Waals surface area contributed by atoms with Crippen molar-refractivity contribution in [2.24, 2.45) is 0 Å². The summed E-state index contributed by atoms with van der Waals surface area (Å²) in [6, 6.07) is 11.1. The Hall–Kier alpha value is -1.36. The number of benzene rings is 2. The minimum atomic E-state index is -1.03. The molecule has 2 aromatic carbocycles. The number of halogens is 3. The van der Waals surface area contributed by atoms with Gasteiger partial charge in [-0.25, -0.2) is 4.39 Å². The highest BCUT2D eigenvalue weighted by Crippen LogP contribution is 2.31. The van der Waals surface area contributed by atoms with Crippen LogP contribution in [0.3, 0.4) is 0 Å². The van der Waals surface area contributed by atoms with Crippen LogP contribution in [0.5, 0.6) is 0 Å². The molecule has 0 saturated heterocycles. The number of hydrogen-bond donors (Lipinski definition) is 1. The van der Waals surface area contributed by atoms with Crippen molar-refractivity contribution in [1.82, 2.24) is 0 Å². The van der Waals surface area contributed by atoms with E-state index >= 15 is 0 Å². The maximum atomic E-state index is 13.4. The van der Waals surface area contributed by atoms with E-state index in [1.807, 2.05) is 0 Å². The van der Waals surface area contributed by atoms with Crippen LogP contribution in [-0.2, 0) is 0 Å². The summed E-state index contributed by atoms with van der Waals surface area (Å²) in [5.41, 5.74) is 1.04. The van der Waals surface area contributed by atoms with Crippen molar-refractivity contribution in [2.75, 3.05) is 0 Å². The van der Waals surface area contributed by atoms with Crippen molar-refractivity contribution < 1.29 is 13.9 Å². The van der Waals surface area contributed by atoms with Gasteiger partial charge in [-0.2, -0.15) is 0 Å². The third-order valence-corrected chi connectivity index (χ3v) is 3.66. The van der Waals surface area contributed by atoms with Crippen molar-refractivity contribution in [2.45, 2.75) is 6.10 Å². The molecule has 0 aliphatic rings. The van der Waals surface area contributed by atoms with Crippen molar-refractivity contribution >= 4 is 38.5 Å². The molecule has 1 aromatic heterocycles. The number of aliphatic hydroxyl groups is 1. The van der Waals surface area contributed by atoms with Crippen molar-refractivity contribution in [3.63, 3.8) is 0 Å². The molecule has 1 heterocycles. The minimum Gasteiger partial charge on any atom is -0.458 e. The number of fused-ring (bicyclic) bond motifs is 1. The molecule has 0 radical (unpaired) electrons. The summed E-state index contributed by atoms with van der Waals surface area (Å²) >= 11 is 9.10. The quantitative estimate of drug-likeness (QED) is 0.696. The molecule has 0 saturated carbocycles. The van der Waals surface area contributed by atoms with Gasteiger partial charge in [0.1, 0.15) is 23.3 Å². The molecule has 0 bridgehead atoms. The number of hydrogen-bond acceptors (Lipinski definition) is 2. The molecular weight excluding hydrogens is 347 g/mol. The standard InChI is InChI=1S/C15H9BrClFO2/c16-10-3-9(5-12(18)7-10)15(19)14-6-8-4-11(17)1-2-13(8)20-14/h1-7,15,19H. The normalized spacial score (nSPS) is 12.8. The smallest absolute Gasteiger partial charge is 0.138 e. The average Bonchev–Trinajstić information content (AvgIpc) is 2.79. The van der Waals surface area contributed by atoms with Crippen LogP contribution in [0.15, 0.2) is 51.4 Å². The highest BCUT2D eigenvalue weighted by Gasteiger charge is 2.17. The Morgan fingerprint density at radius 2 is 1.95 bits per heavy atom. The topological polar surface area (TPSA) is 33.4 Å². The fourth-order valence-electron chi connectivity index (χ4n) is 2.07. The van der Waals surface area contributed by atoms with Crippen molar-refractivity contribution in [3.05, 3.63) is 69.1 Å². The van der Waals surface area contributed by atoms with Crippen LogP contribution in [0.2, 0.25) is 5.02 Å². The molecule has 0 fully saturated rings. The van der Waals surface area contributed by atoms with Gasteiger partial charge in [-0.05, 0) is 48.0 Å². The Morgan fingerprint density at radius 3 is 2.70 bits per heavy atom. The largest absolute Gasteiger partial charge is 0.458 e. The maximum absolute atomic E-state index is 13.4. The molecular formula is C15H9BrClFO2. The third kappa shape index (κ3) is 2.59. The lowest BCUT2D eigenvalue weighted by atomic mass is 10.1. The fourth-order valence-corrected chi connectivity index (χ4v) is 2.73. The van der Waals surface area contributed by atoms with E-state index in [0.29, 0.717) is 26.4 Å². The van der Waals surface area contributed by atoms with E-state index < -0.39 is 11.9 Å². The van der Waals surface area contributed by atoms with E-state index in [1.54, 1.807) is 30.3 Å². The maximum Gasteiger partial charge on any atom is 0.138 e. The summed E-state index contributed by atoms with van der Waals surface area (Å²) in [5, 5.41) is 11.7. The second kappa shape index (κ2) is 5.20. The SMILES string of the molecule is OC(c1cc(F)cc(Br)c1)c1cc2cc(Cl)ccc2o1. The molecule has 1 N–H and O–H groups in total. The van der Waals surface area contributed by atoms with E-state index in [9.17, 15) is 9.50 Å². The number of aliphatic hydroxyl groups excluding tert-OH is 1. The number of rotatable bonds is 2. The van der Waals surface area contributed by atoms with Gasteiger partial charge in [-0.15, -0.1) is 0 Å². The third-order valence-electron chi connectivity index (χ3n) is 2.97. The predicted octanol–water partition coefficient (Wildman–Crippen LogP) is 5.07. The molecule has 5 heteroatoms. The summed E-state index contributed by atoms with van der Waals surface area (Å²) in [6.45, 7) is 0. The van der Waals surface area contributed by atoms with Gasteiger partial charge in [-0.1, -0.05) is 27.5 Å². The number of furan rings is 1. The lowest BCUT2D eigenvalue weighted by Gasteiger charge is -2.08. The zero-order valence-corrected chi connectivity index (χ0v) is 12.5. The van der Waals surface area contributed by atoms with E-state index in [0.717, 1.165) is 5.39 Å². The molecule has 20 heavy (non-hydrogen) atoms. The van der Waals surface area contributed by atoms with Gasteiger partial charge < -0.3 is 9.52 Å². The monoisotopic (exact) mass is 354 g/mol. The Kier molecular flexibility index (Phi) is 3.54. The van der Waals surface area contributed by atoms with Crippen LogP contribution in [-0.4, -0.2) is 5.11 Å². The summed E-state index contributed by atoms with van der Waals surface area (Å²) in [6.07, 6.45) is -1.03. The molecule has 102 valence electrons. The first-order chi connectivity index (χ1) is 9.52. The second-order valence-electron chi connectivity index (χ2n) is 4.44. The molecule has 3 rings (SSSR count). The van der Waals surface area contributed by atoms with Crippen molar-refractivity contribution in [1.29, 1.82) is 0 Å². The molecule has 0 aliphatic carbocycles. The first-order valence-corrected chi connectivity index (χ1v) is 7.03. The summed E-state index contributed by atoms with van der Waals surface area (Å²) in [7, 11) is 0. The minimum absolute atomic E-state index is 0.347. The zero-order valence-electron chi connectivity index (χ0n) is 10.1. The van der Waals surface area contributed by atoms with Crippen LogP contribution in [0, 0.1) is 5.82 Å². The molecule has 2 nitrogen and oxygen atoms in total. The fraction of sp³-hybridized carbons (Fsp3) is 0.0667. The van der Waals surface area contributed by atoms with Crippen LogP contribution in [0.25, 0.3) is 11.0 Å². The average molecular weight is 356 g/mol. The molecule has 1 unspecified atom stereocenters. The Balaban J connectivity index is 2.05. The van der Waals surface area contributed by atoms with Crippen molar-refractivity contribution in [3.8, 4) is 0 Å². The van der Waals surface area contributed by atoms with Crippen LogP contribution in [0.4, 0.5) is 4.39 Å².